The Morgan fingerprint density at radius 1 is 1.38 bits per heavy atom. The van der Waals surface area contributed by atoms with Crippen molar-refractivity contribution in [2.75, 3.05) is 5.32 Å². The molecule has 0 bridgehead atoms. The van der Waals surface area contributed by atoms with Crippen molar-refractivity contribution in [3.8, 4) is 5.75 Å². The molecule has 1 amide bonds. The van der Waals surface area contributed by atoms with Crippen LogP contribution in [0.4, 0.5) is 10.5 Å². The second-order valence-corrected chi connectivity index (χ2v) is 3.06. The number of amides is 1. The van der Waals surface area contributed by atoms with Crippen LogP contribution in [0.5, 0.6) is 5.75 Å². The van der Waals surface area contributed by atoms with Gasteiger partial charge in [0.15, 0.2) is 5.75 Å². The van der Waals surface area contributed by atoms with E-state index in [4.69, 9.17) is 28.3 Å². The maximum Gasteiger partial charge on any atom is 0.409 e. The third-order valence-electron chi connectivity index (χ3n) is 1.27. The number of carbonyl (C=O) groups is 1. The topological polar surface area (TPSA) is 69.6 Å². The molecule has 0 aliphatic rings. The fourth-order valence-electron chi connectivity index (χ4n) is 0.776. The molecule has 0 saturated carbocycles. The second-order valence-electron chi connectivity index (χ2n) is 2.21. The quantitative estimate of drug-likeness (QED) is 0.639. The lowest BCUT2D eigenvalue weighted by molar-refractivity contribution is 0.209. The van der Waals surface area contributed by atoms with Gasteiger partial charge in [0.2, 0.25) is 0 Å². The molecule has 0 spiro atoms. The van der Waals surface area contributed by atoms with Crippen molar-refractivity contribution in [1.29, 1.82) is 0 Å². The van der Waals surface area contributed by atoms with Crippen molar-refractivity contribution in [2.45, 2.75) is 0 Å². The average Bonchev–Trinajstić information content (AvgIpc) is 1.98. The predicted octanol–water partition coefficient (Wildman–Crippen LogP) is 2.79. The lowest BCUT2D eigenvalue weighted by atomic mass is 10.3. The molecule has 1 aromatic rings. The largest absolute Gasteiger partial charge is 0.504 e. The van der Waals surface area contributed by atoms with E-state index in [9.17, 15) is 9.90 Å². The van der Waals surface area contributed by atoms with E-state index in [0.29, 0.717) is 0 Å². The van der Waals surface area contributed by atoms with Crippen LogP contribution in [0.2, 0.25) is 10.0 Å². The number of phenolic OH excluding ortho intramolecular Hbond substituents is 1. The molecule has 13 heavy (non-hydrogen) atoms. The van der Waals surface area contributed by atoms with Gasteiger partial charge in [-0.05, 0) is 12.1 Å². The molecule has 4 nitrogen and oxygen atoms in total. The van der Waals surface area contributed by atoms with Crippen molar-refractivity contribution in [2.24, 2.45) is 0 Å². The van der Waals surface area contributed by atoms with E-state index in [1.54, 1.807) is 0 Å². The number of carboxylic acid groups (broad SMARTS) is 1. The Morgan fingerprint density at radius 2 is 2.00 bits per heavy atom. The first kappa shape index (κ1) is 9.95. The SMILES string of the molecule is O=C(O)Nc1cc(Cl)cc(Cl)c1O. The van der Waals surface area contributed by atoms with E-state index in [0.717, 1.165) is 0 Å². The molecule has 6 heteroatoms. The summed E-state index contributed by atoms with van der Waals surface area (Å²) in [6.45, 7) is 0. The number of aromatic hydroxyl groups is 1. The first-order valence-corrected chi connectivity index (χ1v) is 3.94. The van der Waals surface area contributed by atoms with Crippen LogP contribution < -0.4 is 5.32 Å². The second kappa shape index (κ2) is 3.72. The Balaban J connectivity index is 3.12. The van der Waals surface area contributed by atoms with Gasteiger partial charge in [-0.2, -0.15) is 0 Å². The minimum absolute atomic E-state index is 0.00347. The maximum atomic E-state index is 10.2. The minimum Gasteiger partial charge on any atom is -0.504 e. The van der Waals surface area contributed by atoms with Crippen molar-refractivity contribution < 1.29 is 15.0 Å². The summed E-state index contributed by atoms with van der Waals surface area (Å²) in [5.41, 5.74) is -0.0370. The number of hydrogen-bond donors (Lipinski definition) is 3. The summed E-state index contributed by atoms with van der Waals surface area (Å²) in [6, 6.07) is 2.57. The van der Waals surface area contributed by atoms with Gasteiger partial charge in [-0.25, -0.2) is 4.79 Å². The molecular weight excluding hydrogens is 217 g/mol. The Kier molecular flexibility index (Phi) is 2.85. The first-order chi connectivity index (χ1) is 6.00. The van der Waals surface area contributed by atoms with Crippen LogP contribution >= 0.6 is 23.2 Å². The summed E-state index contributed by atoms with van der Waals surface area (Å²) < 4.78 is 0. The van der Waals surface area contributed by atoms with Crippen LogP contribution in [0.15, 0.2) is 12.1 Å². The maximum absolute atomic E-state index is 10.2. The van der Waals surface area contributed by atoms with Gasteiger partial charge < -0.3 is 10.2 Å². The monoisotopic (exact) mass is 221 g/mol. The molecule has 0 saturated heterocycles. The summed E-state index contributed by atoms with van der Waals surface area (Å²) >= 11 is 11.1. The highest BCUT2D eigenvalue weighted by molar-refractivity contribution is 6.36. The zero-order valence-electron chi connectivity index (χ0n) is 6.21. The molecule has 0 aromatic heterocycles. The van der Waals surface area contributed by atoms with Crippen LogP contribution in [-0.2, 0) is 0 Å². The molecule has 0 unspecified atom stereocenters. The minimum atomic E-state index is -1.30. The third kappa shape index (κ3) is 2.40. The summed E-state index contributed by atoms with van der Waals surface area (Å²) in [5, 5.41) is 19.8. The molecular formula is C7H5Cl2NO3. The predicted molar refractivity (Wildman–Crippen MR) is 49.8 cm³/mol. The summed E-state index contributed by atoms with van der Waals surface area (Å²) in [7, 11) is 0. The van der Waals surface area contributed by atoms with Gasteiger partial charge in [0.05, 0.1) is 10.7 Å². The van der Waals surface area contributed by atoms with E-state index in [2.05, 4.69) is 0 Å². The Labute approximate surface area is 83.7 Å². The van der Waals surface area contributed by atoms with E-state index < -0.39 is 6.09 Å². The van der Waals surface area contributed by atoms with Gasteiger partial charge in [-0.1, -0.05) is 23.2 Å². The summed E-state index contributed by atoms with van der Waals surface area (Å²) in [4.78, 5) is 10.2. The lowest BCUT2D eigenvalue weighted by Crippen LogP contribution is -2.07. The number of halogens is 2. The van der Waals surface area contributed by atoms with Crippen LogP contribution in [0.3, 0.4) is 0 Å². The average molecular weight is 222 g/mol. The van der Waals surface area contributed by atoms with E-state index in [1.165, 1.54) is 12.1 Å². The Morgan fingerprint density at radius 3 is 2.54 bits per heavy atom. The molecule has 1 aromatic carbocycles. The molecule has 0 radical (unpaired) electrons. The molecule has 3 N–H and O–H groups in total. The molecule has 70 valence electrons. The van der Waals surface area contributed by atoms with Crippen molar-refractivity contribution in [3.63, 3.8) is 0 Å². The standard InChI is InChI=1S/C7H5Cl2NO3/c8-3-1-4(9)6(11)5(2-3)10-7(12)13/h1-2,10-11H,(H,12,13). The van der Waals surface area contributed by atoms with Crippen LogP contribution in [-0.4, -0.2) is 16.3 Å². The van der Waals surface area contributed by atoms with Gasteiger partial charge in [-0.15, -0.1) is 0 Å². The summed E-state index contributed by atoms with van der Waals surface area (Å²) in [6.07, 6.45) is -1.30. The number of benzene rings is 1. The van der Waals surface area contributed by atoms with E-state index in [-0.39, 0.29) is 21.5 Å². The van der Waals surface area contributed by atoms with Crippen molar-refractivity contribution >= 4 is 35.0 Å². The van der Waals surface area contributed by atoms with Gasteiger partial charge in [0.25, 0.3) is 0 Å². The number of rotatable bonds is 1. The third-order valence-corrected chi connectivity index (χ3v) is 1.78. The first-order valence-electron chi connectivity index (χ1n) is 3.18. The van der Waals surface area contributed by atoms with Crippen molar-refractivity contribution in [3.05, 3.63) is 22.2 Å². The number of nitrogens with one attached hydrogen (secondary N) is 1. The fourth-order valence-corrected chi connectivity index (χ4v) is 1.27. The highest BCUT2D eigenvalue weighted by Gasteiger charge is 2.09. The van der Waals surface area contributed by atoms with Gasteiger partial charge in [0, 0.05) is 5.02 Å². The lowest BCUT2D eigenvalue weighted by Gasteiger charge is -2.05. The van der Waals surface area contributed by atoms with Crippen LogP contribution in [0.1, 0.15) is 0 Å². The molecule has 0 aliphatic heterocycles. The van der Waals surface area contributed by atoms with Gasteiger partial charge in [0.1, 0.15) is 0 Å². The Hall–Kier alpha value is -1.13. The zero-order chi connectivity index (χ0) is 10.0. The smallest absolute Gasteiger partial charge is 0.409 e. The molecule has 0 heterocycles. The number of anilines is 1. The van der Waals surface area contributed by atoms with E-state index >= 15 is 0 Å². The molecule has 1 rings (SSSR count). The van der Waals surface area contributed by atoms with Gasteiger partial charge >= 0.3 is 6.09 Å². The molecule has 0 fully saturated rings. The van der Waals surface area contributed by atoms with Crippen molar-refractivity contribution in [1.82, 2.24) is 0 Å². The fraction of sp³-hybridized carbons (Fsp3) is 0. The van der Waals surface area contributed by atoms with E-state index in [1.807, 2.05) is 5.32 Å². The molecule has 0 atom stereocenters. The highest BCUT2D eigenvalue weighted by atomic mass is 35.5. The van der Waals surface area contributed by atoms with Gasteiger partial charge in [-0.3, -0.25) is 5.32 Å². The van der Waals surface area contributed by atoms with Crippen LogP contribution in [0, 0.1) is 0 Å². The number of phenols is 1. The molecule has 0 aliphatic carbocycles. The van der Waals surface area contributed by atoms with Crippen LogP contribution in [0.25, 0.3) is 0 Å². The zero-order valence-corrected chi connectivity index (χ0v) is 7.73. The highest BCUT2D eigenvalue weighted by Crippen LogP contribution is 2.34. The Bertz CT molecular complexity index is 354. The summed E-state index contributed by atoms with van der Waals surface area (Å²) in [5.74, 6) is -0.339. The normalized spacial score (nSPS) is 9.69. The number of hydrogen-bond acceptors (Lipinski definition) is 2.